The Labute approximate surface area is 86.1 Å². The van der Waals surface area contributed by atoms with Crippen molar-refractivity contribution in [2.24, 2.45) is 5.73 Å². The number of aromatic nitrogens is 2. The lowest BCUT2D eigenvalue weighted by atomic mass is 9.93. The lowest BCUT2D eigenvalue weighted by Gasteiger charge is -2.18. The van der Waals surface area contributed by atoms with Crippen molar-refractivity contribution in [1.82, 2.24) is 9.97 Å². The molecule has 0 saturated carbocycles. The highest BCUT2D eigenvalue weighted by molar-refractivity contribution is 5.20. The monoisotopic (exact) mass is 195 g/mol. The molecule has 0 aliphatic rings. The summed E-state index contributed by atoms with van der Waals surface area (Å²) in [6.45, 7) is 11.2. The van der Waals surface area contributed by atoms with Crippen LogP contribution in [-0.4, -0.2) is 16.5 Å². The summed E-state index contributed by atoms with van der Waals surface area (Å²) in [6, 6.07) is 0. The smallest absolute Gasteiger partial charge is 0.113 e. The molecule has 1 aromatic heterocycles. The van der Waals surface area contributed by atoms with Gasteiger partial charge >= 0.3 is 0 Å². The van der Waals surface area contributed by atoms with E-state index < -0.39 is 0 Å². The second-order valence-corrected chi connectivity index (χ2v) is 4.84. The minimum Gasteiger partial charge on any atom is -0.345 e. The van der Waals surface area contributed by atoms with Gasteiger partial charge in [-0.05, 0) is 12.8 Å². The third-order valence-corrected chi connectivity index (χ3v) is 2.62. The first-order chi connectivity index (χ1) is 6.38. The molecule has 14 heavy (non-hydrogen) atoms. The lowest BCUT2D eigenvalue weighted by Crippen LogP contribution is -2.29. The van der Waals surface area contributed by atoms with Gasteiger partial charge in [-0.25, -0.2) is 4.98 Å². The van der Waals surface area contributed by atoms with Gasteiger partial charge in [0.1, 0.15) is 5.82 Å². The topological polar surface area (TPSA) is 54.7 Å². The van der Waals surface area contributed by atoms with Crippen LogP contribution >= 0.6 is 0 Å². The lowest BCUT2D eigenvalue weighted by molar-refractivity contribution is 0.506. The molecule has 0 fully saturated rings. The Morgan fingerprint density at radius 3 is 2.36 bits per heavy atom. The fraction of sp³-hybridized carbons (Fsp3) is 0.727. The summed E-state index contributed by atoms with van der Waals surface area (Å²) in [6.07, 6.45) is 0. The van der Waals surface area contributed by atoms with E-state index in [0.717, 1.165) is 17.2 Å². The van der Waals surface area contributed by atoms with Gasteiger partial charge in [-0.2, -0.15) is 0 Å². The van der Waals surface area contributed by atoms with Crippen LogP contribution in [-0.2, 0) is 5.41 Å². The molecule has 0 amide bonds. The second kappa shape index (κ2) is 3.73. The van der Waals surface area contributed by atoms with Crippen LogP contribution in [0, 0.1) is 6.92 Å². The van der Waals surface area contributed by atoms with E-state index in [1.54, 1.807) is 0 Å². The van der Waals surface area contributed by atoms with E-state index in [9.17, 15) is 0 Å². The zero-order chi connectivity index (χ0) is 10.9. The number of aryl methyl sites for hydroxylation is 1. The molecule has 3 heteroatoms. The van der Waals surface area contributed by atoms with Crippen molar-refractivity contribution in [1.29, 1.82) is 0 Å². The van der Waals surface area contributed by atoms with Gasteiger partial charge in [0.25, 0.3) is 0 Å². The van der Waals surface area contributed by atoms with Crippen molar-refractivity contribution < 1.29 is 0 Å². The van der Waals surface area contributed by atoms with Crippen molar-refractivity contribution in [2.75, 3.05) is 6.54 Å². The fourth-order valence-corrected chi connectivity index (χ4v) is 1.45. The van der Waals surface area contributed by atoms with Crippen molar-refractivity contribution >= 4 is 0 Å². The molecule has 0 aromatic carbocycles. The summed E-state index contributed by atoms with van der Waals surface area (Å²) < 4.78 is 0. The minimum absolute atomic E-state index is 0.0576. The quantitative estimate of drug-likeness (QED) is 0.775. The molecule has 0 radical (unpaired) electrons. The number of hydrogen-bond donors (Lipinski definition) is 2. The summed E-state index contributed by atoms with van der Waals surface area (Å²) in [4.78, 5) is 7.94. The Bertz CT molecular complexity index is 310. The number of rotatable bonds is 3. The maximum Gasteiger partial charge on any atom is 0.113 e. The third kappa shape index (κ3) is 1.98. The Kier molecular flexibility index (Phi) is 3.00. The first-order valence-electron chi connectivity index (χ1n) is 5.15. The molecule has 3 N–H and O–H groups in total. The number of nitrogens with zero attached hydrogens (tertiary/aromatic N) is 1. The van der Waals surface area contributed by atoms with Crippen LogP contribution in [0.15, 0.2) is 0 Å². The predicted octanol–water partition coefficient (Wildman–Crippen LogP) is 2.08. The molecule has 80 valence electrons. The Balaban J connectivity index is 3.08. The fourth-order valence-electron chi connectivity index (χ4n) is 1.45. The summed E-state index contributed by atoms with van der Waals surface area (Å²) >= 11 is 0. The number of nitrogens with two attached hydrogens (primary N) is 1. The van der Waals surface area contributed by atoms with Crippen LogP contribution in [0.3, 0.4) is 0 Å². The van der Waals surface area contributed by atoms with E-state index in [0.29, 0.717) is 12.5 Å². The average molecular weight is 195 g/mol. The molecule has 0 spiro atoms. The standard InChI is InChI=1S/C11H21N3/c1-7(2)9-8(3)13-10(14-9)11(4,5)6-12/h7H,6,12H2,1-5H3,(H,13,14). The highest BCUT2D eigenvalue weighted by Crippen LogP contribution is 2.23. The van der Waals surface area contributed by atoms with Gasteiger partial charge in [0, 0.05) is 17.7 Å². The highest BCUT2D eigenvalue weighted by Gasteiger charge is 2.24. The Hall–Kier alpha value is -0.830. The molecular formula is C11H21N3. The molecule has 1 rings (SSSR count). The van der Waals surface area contributed by atoms with Gasteiger partial charge in [-0.15, -0.1) is 0 Å². The average Bonchev–Trinajstić information content (AvgIpc) is 2.48. The van der Waals surface area contributed by atoms with E-state index >= 15 is 0 Å². The molecule has 0 atom stereocenters. The Morgan fingerprint density at radius 1 is 1.43 bits per heavy atom. The summed E-state index contributed by atoms with van der Waals surface area (Å²) in [7, 11) is 0. The molecule has 0 aliphatic heterocycles. The van der Waals surface area contributed by atoms with Gasteiger partial charge in [-0.3, -0.25) is 0 Å². The van der Waals surface area contributed by atoms with Crippen molar-refractivity contribution in [2.45, 2.75) is 46.0 Å². The normalized spacial score (nSPS) is 12.5. The minimum atomic E-state index is -0.0576. The van der Waals surface area contributed by atoms with Crippen molar-refractivity contribution in [3.63, 3.8) is 0 Å². The summed E-state index contributed by atoms with van der Waals surface area (Å²) in [5.41, 5.74) is 7.97. The van der Waals surface area contributed by atoms with Gasteiger partial charge in [-0.1, -0.05) is 27.7 Å². The van der Waals surface area contributed by atoms with Gasteiger partial charge < -0.3 is 10.7 Å². The van der Waals surface area contributed by atoms with Crippen LogP contribution < -0.4 is 5.73 Å². The molecule has 1 heterocycles. The van der Waals surface area contributed by atoms with Gasteiger partial charge in [0.2, 0.25) is 0 Å². The van der Waals surface area contributed by atoms with Crippen LogP contribution in [0.5, 0.6) is 0 Å². The molecule has 0 bridgehead atoms. The second-order valence-electron chi connectivity index (χ2n) is 4.84. The SMILES string of the molecule is Cc1[nH]c(C(C)(C)CN)nc1C(C)C. The predicted molar refractivity (Wildman–Crippen MR) is 59.5 cm³/mol. The number of imidazole rings is 1. The van der Waals surface area contributed by atoms with E-state index in [2.05, 4.69) is 44.6 Å². The third-order valence-electron chi connectivity index (χ3n) is 2.62. The largest absolute Gasteiger partial charge is 0.345 e. The molecule has 1 aromatic rings. The number of hydrogen-bond acceptors (Lipinski definition) is 2. The van der Waals surface area contributed by atoms with Gasteiger partial charge in [0.05, 0.1) is 5.69 Å². The highest BCUT2D eigenvalue weighted by atomic mass is 15.0. The number of H-pyrrole nitrogens is 1. The van der Waals surface area contributed by atoms with Crippen molar-refractivity contribution in [3.8, 4) is 0 Å². The van der Waals surface area contributed by atoms with Crippen LogP contribution in [0.25, 0.3) is 0 Å². The maximum absolute atomic E-state index is 5.71. The zero-order valence-corrected chi connectivity index (χ0v) is 9.81. The molecule has 0 unspecified atom stereocenters. The molecule has 0 saturated heterocycles. The molecule has 3 nitrogen and oxygen atoms in total. The Morgan fingerprint density at radius 2 is 2.00 bits per heavy atom. The van der Waals surface area contributed by atoms with Crippen LogP contribution in [0.2, 0.25) is 0 Å². The summed E-state index contributed by atoms with van der Waals surface area (Å²) in [5, 5.41) is 0. The van der Waals surface area contributed by atoms with E-state index in [1.165, 1.54) is 0 Å². The molecule has 0 aliphatic carbocycles. The number of nitrogens with one attached hydrogen (secondary N) is 1. The van der Waals surface area contributed by atoms with E-state index in [1.807, 2.05) is 0 Å². The van der Waals surface area contributed by atoms with Crippen LogP contribution in [0.4, 0.5) is 0 Å². The van der Waals surface area contributed by atoms with Crippen LogP contribution in [0.1, 0.15) is 50.8 Å². The first kappa shape index (κ1) is 11.2. The van der Waals surface area contributed by atoms with Crippen molar-refractivity contribution in [3.05, 3.63) is 17.2 Å². The molecular weight excluding hydrogens is 174 g/mol. The summed E-state index contributed by atoms with van der Waals surface area (Å²) in [5.74, 6) is 1.47. The van der Waals surface area contributed by atoms with E-state index in [-0.39, 0.29) is 5.41 Å². The van der Waals surface area contributed by atoms with Gasteiger partial charge in [0.15, 0.2) is 0 Å². The first-order valence-corrected chi connectivity index (χ1v) is 5.15. The maximum atomic E-state index is 5.71. The van der Waals surface area contributed by atoms with E-state index in [4.69, 9.17) is 5.73 Å². The number of aromatic amines is 1. The zero-order valence-electron chi connectivity index (χ0n) is 9.81.